The molecule has 0 rings (SSSR count). The van der Waals surface area contributed by atoms with Crippen molar-refractivity contribution in [1.82, 2.24) is 39.4 Å². The summed E-state index contributed by atoms with van der Waals surface area (Å²) in [4.78, 5) is 221. The zero-order valence-electron chi connectivity index (χ0n) is 55.3. The van der Waals surface area contributed by atoms with Gasteiger partial charge in [-0.25, -0.2) is 0 Å². The zero-order valence-corrected chi connectivity index (χ0v) is 57.1. The summed E-state index contributed by atoms with van der Waals surface area (Å²) in [5, 5.41) is 2.07. The smallest absolute Gasteiger partial charge is 0.241 e. The number of carbonyl (C=O) groups excluding carboxylic acids is 16. The molecular formula is C64H106N8O16S2. The minimum Gasteiger partial charge on any atom is -0.342 e. The standard InChI is InChI=1S/C64H106N8O16S2/c1-9-49(73)17-33-65(34-18-50(74)10-2)57(81)25-41-69(42-26-58(82)66(35-19-51(75)11-3)36-20-52(76)12-4)61(85)29-45-71(63(87)31-47-89)72(64(88)32-48-90)46-30-62(86)70(43-27-59(83)67(37-21-53(77)13-5)38-22-54(78)14-6)44-28-60(84)68(39-23-55(79)15-7)40-24-56(80)16-8/h89-90H,9-48H2,1-8H3. The van der Waals surface area contributed by atoms with E-state index in [9.17, 15) is 76.7 Å². The molecule has 0 fully saturated rings. The summed E-state index contributed by atoms with van der Waals surface area (Å²) in [6, 6.07) is 0. The Morgan fingerprint density at radius 3 is 0.456 bits per heavy atom. The van der Waals surface area contributed by atoms with E-state index in [0.717, 1.165) is 10.0 Å². The number of rotatable bonds is 54. The Hall–Kier alpha value is -6.18. The van der Waals surface area contributed by atoms with Crippen LogP contribution in [0.4, 0.5) is 0 Å². The lowest BCUT2D eigenvalue weighted by atomic mass is 10.1. The summed E-state index contributed by atoms with van der Waals surface area (Å²) in [5.41, 5.74) is 0. The van der Waals surface area contributed by atoms with E-state index in [2.05, 4.69) is 25.3 Å². The normalized spacial score (nSPS) is 10.8. The number of amides is 8. The van der Waals surface area contributed by atoms with E-state index >= 15 is 0 Å². The Balaban J connectivity index is 7.48. The Morgan fingerprint density at radius 1 is 0.189 bits per heavy atom. The van der Waals surface area contributed by atoms with Gasteiger partial charge in [0.15, 0.2) is 0 Å². The monoisotopic (exact) mass is 1310 g/mol. The van der Waals surface area contributed by atoms with Gasteiger partial charge in [0.2, 0.25) is 47.3 Å². The van der Waals surface area contributed by atoms with E-state index in [1.165, 1.54) is 29.4 Å². The van der Waals surface area contributed by atoms with E-state index in [0.29, 0.717) is 0 Å². The largest absolute Gasteiger partial charge is 0.342 e. The van der Waals surface area contributed by atoms with Crippen LogP contribution in [-0.4, -0.2) is 236 Å². The molecule has 0 aromatic rings. The molecule has 0 aliphatic heterocycles. The van der Waals surface area contributed by atoms with Gasteiger partial charge in [-0.3, -0.25) is 86.7 Å². The molecule has 0 bridgehead atoms. The molecule has 0 saturated carbocycles. The molecule has 0 aromatic carbocycles. The molecule has 0 unspecified atom stereocenters. The van der Waals surface area contributed by atoms with E-state index in [1.807, 2.05) is 0 Å². The van der Waals surface area contributed by atoms with Gasteiger partial charge >= 0.3 is 0 Å². The van der Waals surface area contributed by atoms with Crippen molar-refractivity contribution < 1.29 is 76.7 Å². The van der Waals surface area contributed by atoms with Crippen molar-refractivity contribution in [3.8, 4) is 0 Å². The minimum atomic E-state index is -0.660. The van der Waals surface area contributed by atoms with Crippen LogP contribution in [0, 0.1) is 0 Å². The Kier molecular flexibility index (Phi) is 46.1. The molecule has 0 aliphatic carbocycles. The SMILES string of the molecule is CCC(=O)CCN(CCC(=O)CC)C(=O)CCN(CCC(=O)N(CCC(=O)CC)CCC(=O)CC)C(=O)CCN(C(=O)CCS)N(CCC(=O)N(CCC(=O)N(CCC(=O)CC)CCC(=O)CC)CCC(=O)N(CCC(=O)CC)CCC(=O)CC)C(=O)CCS. The molecule has 0 radical (unpaired) electrons. The van der Waals surface area contributed by atoms with Crippen molar-refractivity contribution in [2.24, 2.45) is 0 Å². The van der Waals surface area contributed by atoms with Crippen molar-refractivity contribution in [3.05, 3.63) is 0 Å². The minimum absolute atomic E-state index is 0.00383. The lowest BCUT2D eigenvalue weighted by Gasteiger charge is -2.36. The first-order chi connectivity index (χ1) is 42.8. The first-order valence-corrected chi connectivity index (χ1v) is 33.7. The van der Waals surface area contributed by atoms with Gasteiger partial charge in [0.05, 0.1) is 13.1 Å². The van der Waals surface area contributed by atoms with Gasteiger partial charge in [0.1, 0.15) is 46.3 Å². The summed E-state index contributed by atoms with van der Waals surface area (Å²) in [7, 11) is 0. The van der Waals surface area contributed by atoms with Gasteiger partial charge in [0.25, 0.3) is 0 Å². The first-order valence-electron chi connectivity index (χ1n) is 32.5. The molecule has 24 nitrogen and oxygen atoms in total. The third-order valence-corrected chi connectivity index (χ3v) is 16.0. The number of hydrogen-bond donors (Lipinski definition) is 2. The predicted octanol–water partition coefficient (Wildman–Crippen LogP) is 5.46. The number of nitrogens with zero attached hydrogens (tertiary/aromatic N) is 8. The number of carbonyl (C=O) groups is 16. The van der Waals surface area contributed by atoms with Gasteiger partial charge in [-0.05, 0) is 11.5 Å². The van der Waals surface area contributed by atoms with E-state index in [4.69, 9.17) is 0 Å². The van der Waals surface area contributed by atoms with Crippen molar-refractivity contribution >= 4 is 119 Å². The quantitative estimate of drug-likeness (QED) is 0.0564. The highest BCUT2D eigenvalue weighted by Crippen LogP contribution is 2.15. The highest BCUT2D eigenvalue weighted by molar-refractivity contribution is 7.80. The van der Waals surface area contributed by atoms with Crippen molar-refractivity contribution in [1.29, 1.82) is 0 Å². The molecule has 26 heteroatoms. The third-order valence-electron chi connectivity index (χ3n) is 15.5. The predicted molar refractivity (Wildman–Crippen MR) is 347 cm³/mol. The van der Waals surface area contributed by atoms with Crippen LogP contribution in [0.25, 0.3) is 0 Å². The van der Waals surface area contributed by atoms with Gasteiger partial charge in [0, 0.05) is 233 Å². The molecular weight excluding hydrogens is 1200 g/mol. The maximum atomic E-state index is 14.6. The van der Waals surface area contributed by atoms with E-state index < -0.39 is 73.2 Å². The fourth-order valence-electron chi connectivity index (χ4n) is 9.14. The van der Waals surface area contributed by atoms with Gasteiger partial charge in [-0.1, -0.05) is 55.4 Å². The molecule has 90 heavy (non-hydrogen) atoms. The number of hydrazine groups is 1. The molecule has 0 heterocycles. The van der Waals surface area contributed by atoms with Crippen molar-refractivity contribution in [2.75, 3.05) is 103 Å². The Morgan fingerprint density at radius 2 is 0.322 bits per heavy atom. The first kappa shape index (κ1) is 83.8. The van der Waals surface area contributed by atoms with Crippen molar-refractivity contribution in [2.45, 2.75) is 209 Å². The summed E-state index contributed by atoms with van der Waals surface area (Å²) in [5.74, 6) is -5.34. The average molecular weight is 1310 g/mol. The second-order valence-electron chi connectivity index (χ2n) is 21.9. The fraction of sp³-hybridized carbons (Fsp3) is 0.750. The number of Topliss-reactive ketones (excluding diaryl/α,β-unsaturated/α-hetero) is 8. The van der Waals surface area contributed by atoms with Crippen LogP contribution in [0.5, 0.6) is 0 Å². The van der Waals surface area contributed by atoms with Crippen LogP contribution in [0.1, 0.15) is 209 Å². The van der Waals surface area contributed by atoms with Crippen LogP contribution < -0.4 is 0 Å². The summed E-state index contributed by atoms with van der Waals surface area (Å²) >= 11 is 8.54. The van der Waals surface area contributed by atoms with E-state index in [1.54, 1.807) is 55.4 Å². The molecule has 0 aliphatic rings. The highest BCUT2D eigenvalue weighted by atomic mass is 32.1. The molecule has 8 amide bonds. The second kappa shape index (κ2) is 49.5. The third kappa shape index (κ3) is 36.0. The fourth-order valence-corrected chi connectivity index (χ4v) is 9.52. The van der Waals surface area contributed by atoms with Crippen LogP contribution in [-0.2, 0) is 76.7 Å². The lowest BCUT2D eigenvalue weighted by Crippen LogP contribution is -2.52. The maximum absolute atomic E-state index is 14.6. The van der Waals surface area contributed by atoms with Gasteiger partial charge in [-0.15, -0.1) is 0 Å². The van der Waals surface area contributed by atoms with Gasteiger partial charge in [-0.2, -0.15) is 25.3 Å². The molecule has 510 valence electrons. The Labute approximate surface area is 545 Å². The topological polar surface area (TPSA) is 299 Å². The van der Waals surface area contributed by atoms with Crippen LogP contribution in [0.15, 0.2) is 0 Å². The average Bonchev–Trinajstić information content (AvgIpc) is 2.45. The summed E-state index contributed by atoms with van der Waals surface area (Å²) in [6.07, 6.45) is -0.473. The number of ketones is 8. The Bertz CT molecular complexity index is 2030. The van der Waals surface area contributed by atoms with E-state index in [-0.39, 0.29) is 278 Å². The maximum Gasteiger partial charge on any atom is 0.241 e. The summed E-state index contributed by atoms with van der Waals surface area (Å²) < 4.78 is 0. The molecule has 0 atom stereocenters. The lowest BCUT2D eigenvalue weighted by molar-refractivity contribution is -0.165. The molecule has 0 saturated heterocycles. The molecule has 0 N–H and O–H groups in total. The highest BCUT2D eigenvalue weighted by Gasteiger charge is 2.31. The zero-order chi connectivity index (χ0) is 68.1. The van der Waals surface area contributed by atoms with Crippen LogP contribution >= 0.6 is 25.3 Å². The van der Waals surface area contributed by atoms with Crippen LogP contribution in [0.3, 0.4) is 0 Å². The number of thiol groups is 2. The van der Waals surface area contributed by atoms with Gasteiger partial charge < -0.3 is 29.4 Å². The van der Waals surface area contributed by atoms with Crippen LogP contribution in [0.2, 0.25) is 0 Å². The second-order valence-corrected chi connectivity index (χ2v) is 22.8. The molecule has 0 spiro atoms. The van der Waals surface area contributed by atoms with Crippen molar-refractivity contribution in [3.63, 3.8) is 0 Å². The summed E-state index contributed by atoms with van der Waals surface area (Å²) in [6.45, 7) is 11.8. The number of hydrogen-bond acceptors (Lipinski definition) is 18. The molecule has 0 aromatic heterocycles.